The van der Waals surface area contributed by atoms with E-state index in [2.05, 4.69) is 136 Å². The summed E-state index contributed by atoms with van der Waals surface area (Å²) in [5.74, 6) is -0.885. The van der Waals surface area contributed by atoms with Crippen molar-refractivity contribution in [2.24, 2.45) is 0 Å². The van der Waals surface area contributed by atoms with Crippen LogP contribution >= 0.6 is 5.96 Å². The van der Waals surface area contributed by atoms with Crippen LogP contribution in [-0.2, 0) is 4.74 Å². The van der Waals surface area contributed by atoms with Gasteiger partial charge < -0.3 is 0 Å². The van der Waals surface area contributed by atoms with Gasteiger partial charge in [-0.25, -0.2) is 0 Å². The van der Waals surface area contributed by atoms with E-state index in [9.17, 15) is 0 Å². The molecule has 0 bridgehead atoms. The van der Waals surface area contributed by atoms with Crippen molar-refractivity contribution in [3.05, 3.63) is 121 Å². The van der Waals surface area contributed by atoms with Crippen molar-refractivity contribution < 1.29 is 13.8 Å². The zero-order valence-corrected chi connectivity index (χ0v) is 25.6. The number of hydrogen-bond donors (Lipinski definition) is 0. The van der Waals surface area contributed by atoms with Gasteiger partial charge in [0.15, 0.2) is 0 Å². The molecule has 0 saturated carbocycles. The Hall–Kier alpha value is -3.65. The Bertz CT molecular complexity index is 1860. The van der Waals surface area contributed by atoms with Crippen LogP contribution in [0.4, 0.5) is 0 Å². The summed E-state index contributed by atoms with van der Waals surface area (Å²) in [6.07, 6.45) is 1.99. The topological polar surface area (TPSA) is 27.7 Å². The van der Waals surface area contributed by atoms with Gasteiger partial charge in [0.2, 0.25) is 0 Å². The predicted molar refractivity (Wildman–Crippen MR) is 176 cm³/mol. The molecule has 3 nitrogen and oxygen atoms in total. The van der Waals surface area contributed by atoms with E-state index in [4.69, 9.17) is 13.8 Å². The SMILES string of the molecule is [Se]=P1(C2CCCOC2)Oc2c(-c3ccccc3)cc3ccccc3c2-c2c(c(-c3ccccc3)cc3ccccc23)O1. The molecule has 0 aliphatic carbocycles. The Kier molecular flexibility index (Phi) is 6.54. The molecule has 5 heteroatoms. The molecule has 42 heavy (non-hydrogen) atoms. The second-order valence-corrected chi connectivity index (χ2v) is 16.4. The second kappa shape index (κ2) is 10.6. The van der Waals surface area contributed by atoms with E-state index in [1.807, 2.05) is 0 Å². The van der Waals surface area contributed by atoms with Crippen molar-refractivity contribution in [3.8, 4) is 44.9 Å². The van der Waals surface area contributed by atoms with Crippen LogP contribution in [0, 0.1) is 0 Å². The maximum absolute atomic E-state index is 7.35. The van der Waals surface area contributed by atoms with Crippen LogP contribution in [0.5, 0.6) is 11.5 Å². The summed E-state index contributed by atoms with van der Waals surface area (Å²) in [7, 11) is 0. The van der Waals surface area contributed by atoms with E-state index in [1.54, 1.807) is 0 Å². The molecule has 2 heterocycles. The Balaban J connectivity index is 1.56. The van der Waals surface area contributed by atoms with Crippen LogP contribution in [0.3, 0.4) is 0 Å². The molecule has 0 spiro atoms. The average Bonchev–Trinajstić information content (AvgIpc) is 3.20. The summed E-state index contributed by atoms with van der Waals surface area (Å²) < 4.78 is 20.7. The molecule has 0 aromatic heterocycles. The van der Waals surface area contributed by atoms with Gasteiger partial charge in [-0.2, -0.15) is 0 Å². The van der Waals surface area contributed by atoms with Gasteiger partial charge in [0, 0.05) is 0 Å². The van der Waals surface area contributed by atoms with Gasteiger partial charge in [-0.15, -0.1) is 0 Å². The third kappa shape index (κ3) is 4.34. The Morgan fingerprint density at radius 2 is 1.07 bits per heavy atom. The molecular weight excluding hydrogens is 602 g/mol. The van der Waals surface area contributed by atoms with Crippen LogP contribution in [0.25, 0.3) is 54.9 Å². The molecule has 2 aliphatic rings. The fraction of sp³-hybridized carbons (Fsp3) is 0.135. The maximum atomic E-state index is 7.35. The fourth-order valence-electron chi connectivity index (χ4n) is 6.40. The second-order valence-electron chi connectivity index (χ2n) is 11.0. The first-order valence-corrected chi connectivity index (χ1v) is 18.4. The zero-order chi connectivity index (χ0) is 28.1. The normalized spacial score (nSPS) is 17.5. The van der Waals surface area contributed by atoms with Crippen molar-refractivity contribution >= 4 is 42.6 Å². The monoisotopic (exact) mass is 632 g/mol. The number of hydrogen-bond acceptors (Lipinski definition) is 3. The Morgan fingerprint density at radius 3 is 1.55 bits per heavy atom. The molecule has 8 rings (SSSR count). The summed E-state index contributed by atoms with van der Waals surface area (Å²) in [6.45, 7) is 1.40. The molecule has 6 aromatic carbocycles. The first-order chi connectivity index (χ1) is 20.7. The molecule has 206 valence electrons. The summed E-state index contributed by atoms with van der Waals surface area (Å²) in [5, 5.41) is 4.65. The van der Waals surface area contributed by atoms with Crippen LogP contribution in [0.2, 0.25) is 0 Å². The van der Waals surface area contributed by atoms with Crippen LogP contribution in [-0.4, -0.2) is 34.0 Å². The number of ether oxygens (including phenoxy) is 1. The van der Waals surface area contributed by atoms with Crippen molar-refractivity contribution in [3.63, 3.8) is 0 Å². The van der Waals surface area contributed by atoms with Gasteiger partial charge in [-0.1, -0.05) is 0 Å². The van der Waals surface area contributed by atoms with Crippen molar-refractivity contribution in [1.82, 2.24) is 0 Å². The molecule has 0 radical (unpaired) electrons. The van der Waals surface area contributed by atoms with Crippen molar-refractivity contribution in [2.75, 3.05) is 13.2 Å². The average molecular weight is 632 g/mol. The quantitative estimate of drug-likeness (QED) is 0.144. The third-order valence-electron chi connectivity index (χ3n) is 8.44. The molecule has 0 amide bonds. The summed E-state index contributed by atoms with van der Waals surface area (Å²) >= 11 is 3.52. The molecule has 2 aliphatic heterocycles. The molecule has 1 fully saturated rings. The molecule has 1 atom stereocenters. The summed E-state index contributed by atoms with van der Waals surface area (Å²) in [5.41, 5.74) is 6.69. The minimum atomic E-state index is -2.65. The van der Waals surface area contributed by atoms with Gasteiger partial charge in [0.05, 0.1) is 0 Å². The van der Waals surface area contributed by atoms with Gasteiger partial charge in [0.1, 0.15) is 0 Å². The van der Waals surface area contributed by atoms with Gasteiger partial charge in [0.25, 0.3) is 0 Å². The van der Waals surface area contributed by atoms with E-state index in [-0.39, 0.29) is 5.66 Å². The van der Waals surface area contributed by atoms with E-state index in [1.165, 1.54) is 10.8 Å². The van der Waals surface area contributed by atoms with E-state index in [0.717, 1.165) is 75.1 Å². The predicted octanol–water partition coefficient (Wildman–Crippen LogP) is 9.88. The minimum absolute atomic E-state index is 0.121. The van der Waals surface area contributed by atoms with Crippen LogP contribution < -0.4 is 9.05 Å². The van der Waals surface area contributed by atoms with E-state index < -0.39 is 5.96 Å². The van der Waals surface area contributed by atoms with Crippen LogP contribution in [0.1, 0.15) is 12.8 Å². The van der Waals surface area contributed by atoms with E-state index >= 15 is 0 Å². The molecule has 1 saturated heterocycles. The standard InChI is InChI=1S/C37H29O3PSe/c42-41(29-18-11-21-38-24-29)39-36-32(25-12-3-1-4-13-25)22-27-16-7-9-19-30(27)34(36)35-31-20-10-8-17-28(31)23-33(37(35)40-41)26-14-5-2-6-15-26/h1-10,12-17,19-20,22-23,29H,11,18,21,24H2. The number of rotatable bonds is 3. The number of fused-ring (bicyclic) bond motifs is 7. The fourth-order valence-corrected chi connectivity index (χ4v) is 10.4. The van der Waals surface area contributed by atoms with Gasteiger partial charge in [-0.05, 0) is 0 Å². The first-order valence-electron chi connectivity index (χ1n) is 14.5. The van der Waals surface area contributed by atoms with Gasteiger partial charge in [-0.3, -0.25) is 0 Å². The third-order valence-corrected chi connectivity index (χ3v) is 13.4. The van der Waals surface area contributed by atoms with Crippen molar-refractivity contribution in [2.45, 2.75) is 18.5 Å². The summed E-state index contributed by atoms with van der Waals surface area (Å²) in [4.78, 5) is 0. The number of benzene rings is 6. The molecule has 6 aromatic rings. The molecule has 1 unspecified atom stereocenters. The Labute approximate surface area is 253 Å². The van der Waals surface area contributed by atoms with Gasteiger partial charge >= 0.3 is 254 Å². The van der Waals surface area contributed by atoms with Crippen molar-refractivity contribution in [1.29, 1.82) is 0 Å². The summed E-state index contributed by atoms with van der Waals surface area (Å²) in [6, 6.07) is 43.0. The molecular formula is C37H29O3PSe. The Morgan fingerprint density at radius 1 is 0.595 bits per heavy atom. The van der Waals surface area contributed by atoms with Crippen LogP contribution in [0.15, 0.2) is 121 Å². The zero-order valence-electron chi connectivity index (χ0n) is 23.0. The molecule has 0 N–H and O–H groups in total. The first kappa shape index (κ1) is 26.0. The van der Waals surface area contributed by atoms with E-state index in [0.29, 0.717) is 6.61 Å².